The summed E-state index contributed by atoms with van der Waals surface area (Å²) in [5.41, 5.74) is 6.89. The summed E-state index contributed by atoms with van der Waals surface area (Å²) in [5, 5.41) is 5.12. The zero-order valence-corrected chi connectivity index (χ0v) is 21.7. The van der Waals surface area contributed by atoms with Crippen molar-refractivity contribution in [2.75, 3.05) is 20.3 Å². The Morgan fingerprint density at radius 3 is 2.39 bits per heavy atom. The first-order valence-electron chi connectivity index (χ1n) is 12.5. The number of hydrogen-bond acceptors (Lipinski definition) is 6. The molecule has 0 unspecified atom stereocenters. The van der Waals surface area contributed by atoms with Crippen molar-refractivity contribution in [3.63, 3.8) is 0 Å². The fourth-order valence-corrected chi connectivity index (χ4v) is 5.20. The molecule has 0 radical (unpaired) electrons. The molecule has 2 aromatic heterocycles. The van der Waals surface area contributed by atoms with Crippen LogP contribution in [-0.4, -0.2) is 41.3 Å². The van der Waals surface area contributed by atoms with E-state index in [4.69, 9.17) is 26.1 Å². The molecule has 4 aromatic rings. The summed E-state index contributed by atoms with van der Waals surface area (Å²) in [4.78, 5) is 13.3. The number of piperidine rings is 1. The van der Waals surface area contributed by atoms with Crippen molar-refractivity contribution < 1.29 is 9.47 Å². The van der Waals surface area contributed by atoms with E-state index in [1.165, 1.54) is 30.4 Å². The number of halogens is 1. The van der Waals surface area contributed by atoms with E-state index in [0.717, 1.165) is 51.9 Å². The number of ether oxygens (including phenoxy) is 2. The highest BCUT2D eigenvalue weighted by Gasteiger charge is 2.18. The smallest absolute Gasteiger partial charge is 0.316 e. The van der Waals surface area contributed by atoms with Crippen LogP contribution < -0.4 is 14.8 Å². The highest BCUT2D eigenvalue weighted by molar-refractivity contribution is 6.34. The normalized spacial score (nSPS) is 15.7. The molecule has 2 aromatic carbocycles. The molecule has 0 amide bonds. The molecule has 7 heteroatoms. The molecule has 186 valence electrons. The van der Waals surface area contributed by atoms with Crippen molar-refractivity contribution in [2.24, 2.45) is 0 Å². The fourth-order valence-electron chi connectivity index (χ4n) is 4.94. The van der Waals surface area contributed by atoms with Crippen molar-refractivity contribution in [1.82, 2.24) is 20.3 Å². The third-order valence-electron chi connectivity index (χ3n) is 6.69. The van der Waals surface area contributed by atoms with Gasteiger partial charge in [0.15, 0.2) is 0 Å². The third kappa shape index (κ3) is 5.30. The van der Waals surface area contributed by atoms with Crippen LogP contribution in [0.5, 0.6) is 11.8 Å². The third-order valence-corrected chi connectivity index (χ3v) is 7.00. The number of rotatable bonds is 7. The number of fused-ring (bicyclic) bond motifs is 1. The van der Waals surface area contributed by atoms with Crippen molar-refractivity contribution in [3.05, 3.63) is 65.1 Å². The standard InChI is InChI=1S/C29H31ClN4O2/c1-18-10-19(2)12-20(11-18)25-17-32-27-14-26(30)23(21-15-33-29(35-3)34-16-21)13-24(27)28(25)36-9-7-22-6-4-5-8-31-22/h10-17,22,31H,4-9H2,1-3H3/t22-/m1/s1. The van der Waals surface area contributed by atoms with Gasteiger partial charge in [-0.3, -0.25) is 4.98 Å². The summed E-state index contributed by atoms with van der Waals surface area (Å²) >= 11 is 6.69. The van der Waals surface area contributed by atoms with Gasteiger partial charge in [-0.15, -0.1) is 0 Å². The second kappa shape index (κ2) is 10.8. The molecule has 5 rings (SSSR count). The molecule has 0 saturated carbocycles. The second-order valence-corrected chi connectivity index (χ2v) is 9.88. The molecule has 1 aliphatic heterocycles. The Balaban J connectivity index is 1.60. The monoisotopic (exact) mass is 502 g/mol. The van der Waals surface area contributed by atoms with E-state index in [0.29, 0.717) is 23.7 Å². The molecule has 1 fully saturated rings. The summed E-state index contributed by atoms with van der Waals surface area (Å²) < 4.78 is 11.7. The first kappa shape index (κ1) is 24.5. The molecule has 6 nitrogen and oxygen atoms in total. The predicted molar refractivity (Wildman–Crippen MR) is 145 cm³/mol. The first-order valence-corrected chi connectivity index (χ1v) is 12.8. The number of hydrogen-bond donors (Lipinski definition) is 1. The summed E-state index contributed by atoms with van der Waals surface area (Å²) in [7, 11) is 1.55. The van der Waals surface area contributed by atoms with Crippen LogP contribution >= 0.6 is 11.6 Å². The highest BCUT2D eigenvalue weighted by atomic mass is 35.5. The number of nitrogens with zero attached hydrogens (tertiary/aromatic N) is 3. The number of methoxy groups -OCH3 is 1. The molecular formula is C29H31ClN4O2. The van der Waals surface area contributed by atoms with Gasteiger partial charge in [-0.05, 0) is 57.4 Å². The van der Waals surface area contributed by atoms with E-state index < -0.39 is 0 Å². The Hall–Kier alpha value is -3.22. The van der Waals surface area contributed by atoms with Gasteiger partial charge in [-0.2, -0.15) is 0 Å². The van der Waals surface area contributed by atoms with Crippen LogP contribution in [0.25, 0.3) is 33.2 Å². The molecule has 0 spiro atoms. The number of aryl methyl sites for hydroxylation is 2. The lowest BCUT2D eigenvalue weighted by Crippen LogP contribution is -2.35. The van der Waals surface area contributed by atoms with E-state index in [2.05, 4.69) is 47.3 Å². The minimum atomic E-state index is 0.315. The van der Waals surface area contributed by atoms with Crippen LogP contribution in [0.15, 0.2) is 48.9 Å². The average Bonchev–Trinajstić information content (AvgIpc) is 2.88. The molecule has 0 bridgehead atoms. The van der Waals surface area contributed by atoms with E-state index in [9.17, 15) is 0 Å². The van der Waals surface area contributed by atoms with Crippen LogP contribution in [0, 0.1) is 13.8 Å². The molecule has 1 saturated heterocycles. The van der Waals surface area contributed by atoms with Crippen LogP contribution in [0.3, 0.4) is 0 Å². The SMILES string of the molecule is COc1ncc(-c2cc3c(OCC[C@H]4CCCCN4)c(-c4cc(C)cc(C)c4)cnc3cc2Cl)cn1. The van der Waals surface area contributed by atoms with Crippen molar-refractivity contribution in [3.8, 4) is 34.0 Å². The van der Waals surface area contributed by atoms with Gasteiger partial charge >= 0.3 is 6.01 Å². The number of aromatic nitrogens is 3. The summed E-state index contributed by atoms with van der Waals surface area (Å²) in [6.45, 7) is 5.93. The maximum Gasteiger partial charge on any atom is 0.316 e. The van der Waals surface area contributed by atoms with Crippen molar-refractivity contribution in [1.29, 1.82) is 0 Å². The molecule has 36 heavy (non-hydrogen) atoms. The molecule has 0 aliphatic carbocycles. The predicted octanol–water partition coefficient (Wildman–Crippen LogP) is 6.55. The van der Waals surface area contributed by atoms with Gasteiger partial charge in [0.05, 0.1) is 24.3 Å². The second-order valence-electron chi connectivity index (χ2n) is 9.47. The minimum absolute atomic E-state index is 0.315. The van der Waals surface area contributed by atoms with Gasteiger partial charge in [0.25, 0.3) is 0 Å². The topological polar surface area (TPSA) is 69.2 Å². The van der Waals surface area contributed by atoms with E-state index in [1.807, 2.05) is 18.3 Å². The van der Waals surface area contributed by atoms with Crippen LogP contribution in [0.4, 0.5) is 0 Å². The van der Waals surface area contributed by atoms with Crippen LogP contribution in [0.2, 0.25) is 5.02 Å². The number of pyridine rings is 1. The Morgan fingerprint density at radius 1 is 0.917 bits per heavy atom. The van der Waals surface area contributed by atoms with Crippen molar-refractivity contribution in [2.45, 2.75) is 45.6 Å². The zero-order chi connectivity index (χ0) is 25.1. The average molecular weight is 503 g/mol. The Morgan fingerprint density at radius 2 is 1.69 bits per heavy atom. The molecule has 1 N–H and O–H groups in total. The minimum Gasteiger partial charge on any atom is -0.492 e. The Kier molecular flexibility index (Phi) is 7.35. The molecule has 1 atom stereocenters. The Bertz CT molecular complexity index is 1350. The van der Waals surface area contributed by atoms with Gasteiger partial charge in [-0.25, -0.2) is 9.97 Å². The summed E-state index contributed by atoms with van der Waals surface area (Å²) in [6, 6.07) is 11.3. The summed E-state index contributed by atoms with van der Waals surface area (Å²) in [6.07, 6.45) is 10.0. The van der Waals surface area contributed by atoms with E-state index >= 15 is 0 Å². The molecule has 3 heterocycles. The lowest BCUT2D eigenvalue weighted by molar-refractivity contribution is 0.271. The van der Waals surface area contributed by atoms with Gasteiger partial charge in [0.2, 0.25) is 0 Å². The molecular weight excluding hydrogens is 472 g/mol. The van der Waals surface area contributed by atoms with E-state index in [1.54, 1.807) is 19.5 Å². The van der Waals surface area contributed by atoms with Gasteiger partial charge < -0.3 is 14.8 Å². The van der Waals surface area contributed by atoms with Gasteiger partial charge in [0, 0.05) is 46.7 Å². The van der Waals surface area contributed by atoms with E-state index in [-0.39, 0.29) is 0 Å². The fraction of sp³-hybridized carbons (Fsp3) is 0.345. The van der Waals surface area contributed by atoms with Crippen LogP contribution in [0.1, 0.15) is 36.8 Å². The number of benzene rings is 2. The maximum absolute atomic E-state index is 6.69. The number of nitrogens with one attached hydrogen (secondary N) is 1. The van der Waals surface area contributed by atoms with Gasteiger partial charge in [-0.1, -0.05) is 47.3 Å². The van der Waals surface area contributed by atoms with Crippen LogP contribution in [-0.2, 0) is 0 Å². The molecule has 1 aliphatic rings. The van der Waals surface area contributed by atoms with Crippen molar-refractivity contribution >= 4 is 22.5 Å². The zero-order valence-electron chi connectivity index (χ0n) is 21.0. The largest absolute Gasteiger partial charge is 0.492 e. The lowest BCUT2D eigenvalue weighted by atomic mass is 9.98. The summed E-state index contributed by atoms with van der Waals surface area (Å²) in [5.74, 6) is 0.827. The highest BCUT2D eigenvalue weighted by Crippen LogP contribution is 2.40. The van der Waals surface area contributed by atoms with Gasteiger partial charge in [0.1, 0.15) is 5.75 Å². The maximum atomic E-state index is 6.69. The Labute approximate surface area is 217 Å². The quantitative estimate of drug-likeness (QED) is 0.309. The lowest BCUT2D eigenvalue weighted by Gasteiger charge is -2.24. The first-order chi connectivity index (χ1) is 17.5.